The van der Waals surface area contributed by atoms with Gasteiger partial charge in [0.25, 0.3) is 0 Å². The summed E-state index contributed by atoms with van der Waals surface area (Å²) in [6.45, 7) is 7.25. The monoisotopic (exact) mass is 514 g/mol. The highest BCUT2D eigenvalue weighted by atomic mass is 35.5. The van der Waals surface area contributed by atoms with Crippen LogP contribution < -0.4 is 15.5 Å². The summed E-state index contributed by atoms with van der Waals surface area (Å²) in [7, 11) is 0. The molecule has 2 saturated carbocycles. The number of hydrogen-bond acceptors (Lipinski definition) is 8. The fourth-order valence-corrected chi connectivity index (χ4v) is 7.39. The van der Waals surface area contributed by atoms with Crippen LogP contribution in [-0.2, 0) is 0 Å². The van der Waals surface area contributed by atoms with E-state index in [1.165, 1.54) is 56.7 Å². The summed E-state index contributed by atoms with van der Waals surface area (Å²) in [6.07, 6.45) is 13.4. The van der Waals surface area contributed by atoms with E-state index in [4.69, 9.17) is 22.3 Å². The molecule has 2 aromatic heterocycles. The molecule has 9 heteroatoms. The Morgan fingerprint density at radius 1 is 1.06 bits per heavy atom. The lowest BCUT2D eigenvalue weighted by atomic mass is 9.76. The molecule has 2 aliphatic heterocycles. The van der Waals surface area contributed by atoms with E-state index in [1.807, 2.05) is 26.1 Å². The van der Waals surface area contributed by atoms with Gasteiger partial charge < -0.3 is 20.6 Å². The van der Waals surface area contributed by atoms with Crippen LogP contribution in [0.5, 0.6) is 0 Å². The molecular weight excluding hydrogens is 480 g/mol. The van der Waals surface area contributed by atoms with E-state index in [0.29, 0.717) is 21.3 Å². The molecule has 2 saturated heterocycles. The van der Waals surface area contributed by atoms with Crippen molar-refractivity contribution in [2.24, 2.45) is 16.7 Å². The number of pyridine rings is 1. The van der Waals surface area contributed by atoms with E-state index in [0.717, 1.165) is 48.1 Å². The minimum absolute atomic E-state index is 0.207. The average molecular weight is 515 g/mol. The summed E-state index contributed by atoms with van der Waals surface area (Å²) >= 11 is 8.16. The van der Waals surface area contributed by atoms with Gasteiger partial charge in [0, 0.05) is 43.2 Å². The number of nitrogens with two attached hydrogens (primary N) is 1. The van der Waals surface area contributed by atoms with Crippen molar-refractivity contribution in [1.82, 2.24) is 15.0 Å². The molecule has 188 valence electrons. The van der Waals surface area contributed by atoms with Crippen LogP contribution in [0.25, 0.3) is 0 Å². The zero-order valence-corrected chi connectivity index (χ0v) is 22.2. The van der Waals surface area contributed by atoms with E-state index in [2.05, 4.69) is 19.8 Å². The number of aliphatic hydroxyl groups is 1. The number of nitrogens with zero attached hydrogens (tertiary/aromatic N) is 5. The Labute approximate surface area is 216 Å². The van der Waals surface area contributed by atoms with Crippen molar-refractivity contribution in [3.8, 4) is 0 Å². The molecule has 6 rings (SSSR count). The van der Waals surface area contributed by atoms with Gasteiger partial charge in [-0.25, -0.2) is 15.0 Å². The molecule has 4 fully saturated rings. The Kier molecular flexibility index (Phi) is 5.66. The highest BCUT2D eigenvalue weighted by molar-refractivity contribution is 7.99. The Hall–Kier alpha value is -1.77. The minimum Gasteiger partial charge on any atom is -0.390 e. The van der Waals surface area contributed by atoms with Crippen molar-refractivity contribution in [1.29, 1.82) is 0 Å². The number of anilines is 3. The van der Waals surface area contributed by atoms with E-state index in [1.54, 1.807) is 6.20 Å². The smallest absolute Gasteiger partial charge is 0.158 e. The summed E-state index contributed by atoms with van der Waals surface area (Å²) in [5.74, 6) is 2.26. The molecule has 2 aromatic rings. The standard InChI is InChI=1S/C26H35ClN6OS/c1-24(2,34)17-14-33(15-17)22-20(27)18(3-10-29-22)35-23-21(28)31-19(13-30-23)32-11-8-26(9-12-32)7-6-25(16-26)4-5-25/h3,10,13,17,34H,4-9,11-12,14-16H2,1-2H3,(H2,28,31). The van der Waals surface area contributed by atoms with E-state index < -0.39 is 5.60 Å². The van der Waals surface area contributed by atoms with Crippen LogP contribution in [-0.4, -0.2) is 51.8 Å². The molecular formula is C26H35ClN6OS. The van der Waals surface area contributed by atoms with Crippen LogP contribution in [0.2, 0.25) is 5.02 Å². The summed E-state index contributed by atoms with van der Waals surface area (Å²) in [5, 5.41) is 11.5. The first-order valence-corrected chi connectivity index (χ1v) is 14.0. The summed E-state index contributed by atoms with van der Waals surface area (Å²) in [6, 6.07) is 1.89. The third kappa shape index (κ3) is 4.46. The highest BCUT2D eigenvalue weighted by Gasteiger charge is 2.54. The van der Waals surface area contributed by atoms with Gasteiger partial charge in [-0.3, -0.25) is 0 Å². The Morgan fingerprint density at radius 2 is 1.71 bits per heavy atom. The predicted octanol–water partition coefficient (Wildman–Crippen LogP) is 5.02. The van der Waals surface area contributed by atoms with Gasteiger partial charge in [-0.1, -0.05) is 23.4 Å². The molecule has 2 aliphatic carbocycles. The van der Waals surface area contributed by atoms with Crippen molar-refractivity contribution in [2.45, 2.75) is 74.3 Å². The average Bonchev–Trinajstić information content (AvgIpc) is 3.44. The second-order valence-corrected chi connectivity index (χ2v) is 13.3. The van der Waals surface area contributed by atoms with Gasteiger partial charge in [0.2, 0.25) is 0 Å². The Bertz CT molecular complexity index is 1120. The maximum absolute atomic E-state index is 10.2. The molecule has 0 atom stereocenters. The van der Waals surface area contributed by atoms with Gasteiger partial charge in [-0.2, -0.15) is 0 Å². The van der Waals surface area contributed by atoms with Gasteiger partial charge in [-0.05, 0) is 75.7 Å². The SMILES string of the molecule is CC(C)(O)C1CN(c2nccc(Sc3ncc(N4CCC5(CC4)CCC4(CC4)C5)nc3N)c2Cl)C1. The van der Waals surface area contributed by atoms with Crippen LogP contribution in [0.3, 0.4) is 0 Å². The van der Waals surface area contributed by atoms with E-state index >= 15 is 0 Å². The van der Waals surface area contributed by atoms with Crippen molar-refractivity contribution in [3.63, 3.8) is 0 Å². The summed E-state index contributed by atoms with van der Waals surface area (Å²) in [4.78, 5) is 19.2. The van der Waals surface area contributed by atoms with E-state index in [9.17, 15) is 5.11 Å². The zero-order valence-electron chi connectivity index (χ0n) is 20.6. The van der Waals surface area contributed by atoms with Gasteiger partial charge in [0.1, 0.15) is 16.7 Å². The quantitative estimate of drug-likeness (QED) is 0.575. The fraction of sp³-hybridized carbons (Fsp3) is 0.654. The van der Waals surface area contributed by atoms with Crippen LogP contribution in [0.4, 0.5) is 17.5 Å². The van der Waals surface area contributed by atoms with Gasteiger partial charge >= 0.3 is 0 Å². The summed E-state index contributed by atoms with van der Waals surface area (Å²) < 4.78 is 0. The number of piperidine rings is 1. The van der Waals surface area contributed by atoms with Gasteiger partial charge in [0.15, 0.2) is 5.82 Å². The first-order chi connectivity index (χ1) is 16.7. The van der Waals surface area contributed by atoms with Crippen molar-refractivity contribution < 1.29 is 5.11 Å². The predicted molar refractivity (Wildman–Crippen MR) is 141 cm³/mol. The first-order valence-electron chi connectivity index (χ1n) is 12.8. The second-order valence-electron chi connectivity index (χ2n) is 11.9. The van der Waals surface area contributed by atoms with Gasteiger partial charge in [-0.15, -0.1) is 0 Å². The molecule has 0 aromatic carbocycles. The first kappa shape index (κ1) is 23.6. The molecule has 0 bridgehead atoms. The molecule has 2 spiro atoms. The van der Waals surface area contributed by atoms with Crippen LogP contribution in [0.1, 0.15) is 58.8 Å². The molecule has 7 nitrogen and oxygen atoms in total. The van der Waals surface area contributed by atoms with Gasteiger partial charge in [0.05, 0.1) is 16.8 Å². The second kappa shape index (κ2) is 8.38. The third-order valence-corrected chi connectivity index (χ3v) is 10.6. The number of nitrogen functional groups attached to an aromatic ring is 1. The van der Waals surface area contributed by atoms with E-state index in [-0.39, 0.29) is 5.92 Å². The number of rotatable bonds is 5. The van der Waals surface area contributed by atoms with Crippen LogP contribution in [0, 0.1) is 16.7 Å². The lowest BCUT2D eigenvalue weighted by Crippen LogP contribution is -2.56. The number of halogens is 1. The van der Waals surface area contributed by atoms with Crippen molar-refractivity contribution >= 4 is 40.8 Å². The highest BCUT2D eigenvalue weighted by Crippen LogP contribution is 2.66. The maximum Gasteiger partial charge on any atom is 0.158 e. The topological polar surface area (TPSA) is 91.4 Å². The molecule has 35 heavy (non-hydrogen) atoms. The lowest BCUT2D eigenvalue weighted by Gasteiger charge is -2.46. The fourth-order valence-electron chi connectivity index (χ4n) is 6.27. The Balaban J connectivity index is 1.11. The third-order valence-electron chi connectivity index (χ3n) is 9.01. The normalized spacial score (nSPS) is 23.2. The molecule has 3 N–H and O–H groups in total. The zero-order chi connectivity index (χ0) is 24.4. The largest absolute Gasteiger partial charge is 0.390 e. The number of hydrogen-bond donors (Lipinski definition) is 2. The molecule has 0 unspecified atom stereocenters. The lowest BCUT2D eigenvalue weighted by molar-refractivity contribution is 0.00438. The Morgan fingerprint density at radius 3 is 2.31 bits per heavy atom. The van der Waals surface area contributed by atoms with Crippen LogP contribution in [0.15, 0.2) is 28.4 Å². The molecule has 4 heterocycles. The summed E-state index contributed by atoms with van der Waals surface area (Å²) in [5.41, 5.74) is 6.97. The van der Waals surface area contributed by atoms with Crippen molar-refractivity contribution in [2.75, 3.05) is 41.7 Å². The van der Waals surface area contributed by atoms with Crippen LogP contribution >= 0.6 is 23.4 Å². The minimum atomic E-state index is -0.702. The molecule has 0 amide bonds. The molecule has 4 aliphatic rings. The molecule has 0 radical (unpaired) electrons. The van der Waals surface area contributed by atoms with Crippen molar-refractivity contribution in [3.05, 3.63) is 23.5 Å². The maximum atomic E-state index is 10.2. The number of aromatic nitrogens is 3.